The van der Waals surface area contributed by atoms with Gasteiger partial charge >= 0.3 is 5.76 Å². The molecule has 1 amide bonds. The molecule has 0 atom stereocenters. The highest BCUT2D eigenvalue weighted by molar-refractivity contribution is 5.77. The Bertz CT molecular complexity index is 1060. The summed E-state index contributed by atoms with van der Waals surface area (Å²) in [4.78, 5) is 29.0. The van der Waals surface area contributed by atoms with Crippen LogP contribution in [0.5, 0.6) is 0 Å². The van der Waals surface area contributed by atoms with Crippen LogP contribution in [-0.2, 0) is 11.3 Å². The van der Waals surface area contributed by atoms with Gasteiger partial charge in [0.15, 0.2) is 5.58 Å². The number of fused-ring (bicyclic) bond motifs is 1. The molecule has 1 aliphatic rings. The van der Waals surface area contributed by atoms with Gasteiger partial charge in [0.1, 0.15) is 0 Å². The van der Waals surface area contributed by atoms with Crippen molar-refractivity contribution in [3.05, 3.63) is 64.1 Å². The Balaban J connectivity index is 1.37. The van der Waals surface area contributed by atoms with Gasteiger partial charge < -0.3 is 14.2 Å². The Kier molecular flexibility index (Phi) is 4.94. The molecule has 146 valence electrons. The lowest BCUT2D eigenvalue weighted by Gasteiger charge is -2.37. The maximum Gasteiger partial charge on any atom is 0.419 e. The number of para-hydroxylation sites is 2. The Morgan fingerprint density at radius 3 is 2.54 bits per heavy atom. The highest BCUT2D eigenvalue weighted by atomic mass is 16.4. The molecule has 6 nitrogen and oxygen atoms in total. The molecule has 2 aromatic carbocycles. The second-order valence-electron chi connectivity index (χ2n) is 7.32. The summed E-state index contributed by atoms with van der Waals surface area (Å²) in [5.74, 6) is -0.327. The highest BCUT2D eigenvalue weighted by Gasteiger charge is 2.22. The summed E-state index contributed by atoms with van der Waals surface area (Å²) in [7, 11) is 0. The van der Waals surface area contributed by atoms with Gasteiger partial charge in [0, 0.05) is 44.8 Å². The number of nitrogens with zero attached hydrogens (tertiary/aromatic N) is 3. The van der Waals surface area contributed by atoms with E-state index in [2.05, 4.69) is 36.9 Å². The fourth-order valence-electron chi connectivity index (χ4n) is 3.87. The quantitative estimate of drug-likeness (QED) is 0.699. The maximum absolute atomic E-state index is 12.7. The first kappa shape index (κ1) is 18.3. The lowest BCUT2D eigenvalue weighted by molar-refractivity contribution is -0.131. The predicted octanol–water partition coefficient (Wildman–Crippen LogP) is 2.95. The Hall–Kier alpha value is -3.02. The first-order chi connectivity index (χ1) is 13.5. The normalized spacial score (nSPS) is 14.6. The molecule has 0 saturated carbocycles. The summed E-state index contributed by atoms with van der Waals surface area (Å²) in [6.07, 6.45) is 0.299. The number of hydrogen-bond acceptors (Lipinski definition) is 4. The second kappa shape index (κ2) is 7.54. The fourth-order valence-corrected chi connectivity index (χ4v) is 3.87. The van der Waals surface area contributed by atoms with Gasteiger partial charge in [-0.05, 0) is 43.2 Å². The Morgan fingerprint density at radius 2 is 1.75 bits per heavy atom. The SMILES string of the molecule is Cc1cccc(N2CCN(C(=O)CCn3c(=O)oc4ccccc43)CC2)c1C. The van der Waals surface area contributed by atoms with Gasteiger partial charge in [-0.15, -0.1) is 0 Å². The summed E-state index contributed by atoms with van der Waals surface area (Å²) in [6, 6.07) is 13.7. The van der Waals surface area contributed by atoms with Gasteiger partial charge in [-0.2, -0.15) is 0 Å². The van der Waals surface area contributed by atoms with E-state index in [4.69, 9.17) is 4.42 Å². The molecule has 2 heterocycles. The van der Waals surface area contributed by atoms with Gasteiger partial charge in [0.05, 0.1) is 5.52 Å². The standard InChI is InChI=1S/C22H25N3O3/c1-16-6-5-8-18(17(16)2)23-12-14-24(15-13-23)21(26)10-11-25-19-7-3-4-9-20(19)28-22(25)27/h3-9H,10-15H2,1-2H3. The van der Waals surface area contributed by atoms with Gasteiger partial charge in [-0.25, -0.2) is 4.79 Å². The van der Waals surface area contributed by atoms with E-state index in [1.54, 1.807) is 10.6 Å². The van der Waals surface area contributed by atoms with E-state index in [0.717, 1.165) is 18.6 Å². The van der Waals surface area contributed by atoms with Crippen LogP contribution in [0.25, 0.3) is 11.1 Å². The summed E-state index contributed by atoms with van der Waals surface area (Å²) >= 11 is 0. The molecular weight excluding hydrogens is 354 g/mol. The van der Waals surface area contributed by atoms with Crippen LogP contribution < -0.4 is 10.7 Å². The van der Waals surface area contributed by atoms with E-state index in [1.165, 1.54) is 16.8 Å². The fraction of sp³-hybridized carbons (Fsp3) is 0.364. The molecule has 1 aromatic heterocycles. The monoisotopic (exact) mass is 379 g/mol. The van der Waals surface area contributed by atoms with E-state index in [-0.39, 0.29) is 5.91 Å². The lowest BCUT2D eigenvalue weighted by Crippen LogP contribution is -2.49. The van der Waals surface area contributed by atoms with E-state index in [9.17, 15) is 9.59 Å². The van der Waals surface area contributed by atoms with Gasteiger partial charge in [-0.3, -0.25) is 9.36 Å². The zero-order chi connectivity index (χ0) is 19.7. The summed E-state index contributed by atoms with van der Waals surface area (Å²) in [5, 5.41) is 0. The van der Waals surface area contributed by atoms with Crippen LogP contribution in [0.1, 0.15) is 17.5 Å². The molecule has 0 aliphatic carbocycles. The summed E-state index contributed by atoms with van der Waals surface area (Å²) in [6.45, 7) is 7.66. The van der Waals surface area contributed by atoms with Gasteiger partial charge in [0.25, 0.3) is 0 Å². The number of aryl methyl sites for hydroxylation is 2. The number of benzene rings is 2. The zero-order valence-electron chi connectivity index (χ0n) is 16.4. The predicted molar refractivity (Wildman–Crippen MR) is 110 cm³/mol. The molecule has 1 aliphatic heterocycles. The first-order valence-electron chi connectivity index (χ1n) is 9.72. The topological polar surface area (TPSA) is 58.7 Å². The van der Waals surface area contributed by atoms with Crippen LogP contribution in [0.4, 0.5) is 5.69 Å². The third-order valence-corrected chi connectivity index (χ3v) is 5.67. The van der Waals surface area contributed by atoms with Crippen LogP contribution in [0.3, 0.4) is 0 Å². The van der Waals surface area contributed by atoms with Crippen molar-refractivity contribution < 1.29 is 9.21 Å². The number of carbonyl (C=O) groups is 1. The number of rotatable bonds is 4. The average Bonchev–Trinajstić information content (AvgIpc) is 3.03. The average molecular weight is 379 g/mol. The van der Waals surface area contributed by atoms with Crippen molar-refractivity contribution >= 4 is 22.7 Å². The molecule has 28 heavy (non-hydrogen) atoms. The molecule has 0 bridgehead atoms. The van der Waals surface area contributed by atoms with E-state index in [0.29, 0.717) is 31.6 Å². The molecular formula is C22H25N3O3. The van der Waals surface area contributed by atoms with Gasteiger partial charge in [-0.1, -0.05) is 24.3 Å². The van der Waals surface area contributed by atoms with Crippen LogP contribution in [0.15, 0.2) is 51.7 Å². The van der Waals surface area contributed by atoms with Crippen molar-refractivity contribution in [1.82, 2.24) is 9.47 Å². The number of oxazole rings is 1. The third-order valence-electron chi connectivity index (χ3n) is 5.67. The first-order valence-corrected chi connectivity index (χ1v) is 9.72. The minimum absolute atomic E-state index is 0.0813. The second-order valence-corrected chi connectivity index (χ2v) is 7.32. The molecule has 6 heteroatoms. The Morgan fingerprint density at radius 1 is 1.00 bits per heavy atom. The number of hydrogen-bond donors (Lipinski definition) is 0. The van der Waals surface area contributed by atoms with E-state index < -0.39 is 5.76 Å². The summed E-state index contributed by atoms with van der Waals surface area (Å²) in [5.41, 5.74) is 5.13. The Labute approximate surface area is 164 Å². The van der Waals surface area contributed by atoms with E-state index in [1.807, 2.05) is 23.1 Å². The maximum atomic E-state index is 12.7. The molecule has 0 spiro atoms. The van der Waals surface area contributed by atoms with E-state index >= 15 is 0 Å². The molecule has 1 fully saturated rings. The smallest absolute Gasteiger partial charge is 0.408 e. The highest BCUT2D eigenvalue weighted by Crippen LogP contribution is 2.24. The third kappa shape index (κ3) is 3.42. The lowest BCUT2D eigenvalue weighted by atomic mass is 10.1. The van der Waals surface area contributed by atoms with Crippen molar-refractivity contribution in [2.45, 2.75) is 26.8 Å². The molecule has 1 saturated heterocycles. The van der Waals surface area contributed by atoms with Crippen molar-refractivity contribution in [2.75, 3.05) is 31.1 Å². The van der Waals surface area contributed by atoms with Crippen molar-refractivity contribution in [1.29, 1.82) is 0 Å². The van der Waals surface area contributed by atoms with Crippen LogP contribution in [0.2, 0.25) is 0 Å². The summed E-state index contributed by atoms with van der Waals surface area (Å²) < 4.78 is 6.78. The number of aromatic nitrogens is 1. The molecule has 4 rings (SSSR count). The minimum atomic E-state index is -0.409. The van der Waals surface area contributed by atoms with Crippen molar-refractivity contribution in [2.24, 2.45) is 0 Å². The zero-order valence-corrected chi connectivity index (χ0v) is 16.4. The minimum Gasteiger partial charge on any atom is -0.408 e. The van der Waals surface area contributed by atoms with Crippen LogP contribution >= 0.6 is 0 Å². The van der Waals surface area contributed by atoms with Gasteiger partial charge in [0.2, 0.25) is 5.91 Å². The molecule has 0 N–H and O–H groups in total. The van der Waals surface area contributed by atoms with Crippen molar-refractivity contribution in [3.8, 4) is 0 Å². The number of anilines is 1. The van der Waals surface area contributed by atoms with Crippen LogP contribution in [0, 0.1) is 13.8 Å². The molecule has 0 unspecified atom stereocenters. The van der Waals surface area contributed by atoms with Crippen LogP contribution in [-0.4, -0.2) is 41.6 Å². The number of piperazine rings is 1. The van der Waals surface area contributed by atoms with Crippen molar-refractivity contribution in [3.63, 3.8) is 0 Å². The molecule has 0 radical (unpaired) electrons. The molecule has 3 aromatic rings. The number of amides is 1. The largest absolute Gasteiger partial charge is 0.419 e. The number of carbonyl (C=O) groups excluding carboxylic acids is 1.